The summed E-state index contributed by atoms with van der Waals surface area (Å²) in [5.74, 6) is -2.51. The highest BCUT2D eigenvalue weighted by atomic mass is 16.3. The summed E-state index contributed by atoms with van der Waals surface area (Å²) in [6.45, 7) is 2.94. The van der Waals surface area contributed by atoms with Crippen LogP contribution in [-0.4, -0.2) is 48.6 Å². The van der Waals surface area contributed by atoms with Gasteiger partial charge in [0.1, 0.15) is 0 Å². The maximum atomic E-state index is 11.7. The molecule has 0 aliphatic carbocycles. The lowest BCUT2D eigenvalue weighted by Crippen LogP contribution is -2.47. The molecule has 0 aromatic carbocycles. The molecule has 1 atom stereocenters. The second-order valence-electron chi connectivity index (χ2n) is 4.40. The Labute approximate surface area is 105 Å². The first-order valence-electron chi connectivity index (χ1n) is 6.02. The number of nitrogens with one attached hydrogen (secondary N) is 3. The largest absolute Gasteiger partial charge is 0.392 e. The van der Waals surface area contributed by atoms with Crippen LogP contribution >= 0.6 is 0 Å². The number of amides is 3. The molecular weight excluding hydrogens is 238 g/mol. The predicted molar refractivity (Wildman–Crippen MR) is 63.4 cm³/mol. The third-order valence-corrected chi connectivity index (χ3v) is 2.71. The molecule has 1 heterocycles. The molecule has 0 saturated carbocycles. The quantitative estimate of drug-likeness (QED) is 0.443. The van der Waals surface area contributed by atoms with Crippen LogP contribution in [0.1, 0.15) is 19.8 Å². The number of aliphatic hydroxyl groups excluding tert-OH is 1. The number of piperidine rings is 1. The molecule has 7 nitrogen and oxygen atoms in total. The van der Waals surface area contributed by atoms with E-state index in [-0.39, 0.29) is 12.5 Å². The lowest BCUT2D eigenvalue weighted by Gasteiger charge is -2.21. The van der Waals surface area contributed by atoms with Crippen LogP contribution in [0.25, 0.3) is 0 Å². The van der Waals surface area contributed by atoms with Gasteiger partial charge in [-0.3, -0.25) is 19.7 Å². The number of hydrogen-bond acceptors (Lipinski definition) is 5. The van der Waals surface area contributed by atoms with E-state index in [1.807, 2.05) is 0 Å². The minimum absolute atomic E-state index is 0.0200. The Morgan fingerprint density at radius 1 is 1.28 bits per heavy atom. The van der Waals surface area contributed by atoms with E-state index in [1.54, 1.807) is 0 Å². The van der Waals surface area contributed by atoms with Gasteiger partial charge in [-0.05, 0) is 32.9 Å². The maximum Gasteiger partial charge on any atom is 0.315 e. The Morgan fingerprint density at radius 3 is 2.44 bits per heavy atom. The average Bonchev–Trinajstić information content (AvgIpc) is 2.36. The highest BCUT2D eigenvalue weighted by molar-refractivity contribution is 6.37. The number of carbonyl (C=O) groups is 3. The van der Waals surface area contributed by atoms with Gasteiger partial charge in [-0.15, -0.1) is 0 Å². The molecule has 1 saturated heterocycles. The van der Waals surface area contributed by atoms with E-state index >= 15 is 0 Å². The highest BCUT2D eigenvalue weighted by Gasteiger charge is 2.24. The van der Waals surface area contributed by atoms with Gasteiger partial charge in [0.2, 0.25) is 5.91 Å². The first kappa shape index (κ1) is 14.6. The van der Waals surface area contributed by atoms with Crippen LogP contribution in [-0.2, 0) is 14.4 Å². The van der Waals surface area contributed by atoms with Crippen molar-refractivity contribution in [2.45, 2.75) is 25.9 Å². The van der Waals surface area contributed by atoms with Gasteiger partial charge in [0.25, 0.3) is 0 Å². The molecule has 1 fully saturated rings. The Morgan fingerprint density at radius 2 is 1.89 bits per heavy atom. The molecule has 1 unspecified atom stereocenters. The van der Waals surface area contributed by atoms with Crippen molar-refractivity contribution in [2.24, 2.45) is 5.92 Å². The summed E-state index contributed by atoms with van der Waals surface area (Å²) >= 11 is 0. The standard InChI is InChI=1S/C11H19N3O4/c1-7(15)6-13-10(17)11(18)14-9(16)8-2-4-12-5-3-8/h7-8,12,15H,2-6H2,1H3,(H,13,17)(H,14,16,18). The lowest BCUT2D eigenvalue weighted by atomic mass is 9.97. The summed E-state index contributed by atoms with van der Waals surface area (Å²) in [5, 5.41) is 16.4. The van der Waals surface area contributed by atoms with E-state index in [2.05, 4.69) is 16.0 Å². The number of imide groups is 1. The normalized spacial score (nSPS) is 17.9. The molecule has 18 heavy (non-hydrogen) atoms. The van der Waals surface area contributed by atoms with E-state index in [1.165, 1.54) is 6.92 Å². The maximum absolute atomic E-state index is 11.7. The third-order valence-electron chi connectivity index (χ3n) is 2.71. The SMILES string of the molecule is CC(O)CNC(=O)C(=O)NC(=O)C1CCNCC1. The van der Waals surface area contributed by atoms with Crippen LogP contribution < -0.4 is 16.0 Å². The molecule has 7 heteroatoms. The fourth-order valence-electron chi connectivity index (χ4n) is 1.68. The molecule has 0 aromatic heterocycles. The zero-order valence-corrected chi connectivity index (χ0v) is 10.4. The van der Waals surface area contributed by atoms with E-state index in [0.717, 1.165) is 13.1 Å². The van der Waals surface area contributed by atoms with Crippen molar-refractivity contribution in [2.75, 3.05) is 19.6 Å². The topological polar surface area (TPSA) is 108 Å². The fourth-order valence-corrected chi connectivity index (χ4v) is 1.68. The first-order chi connectivity index (χ1) is 8.50. The Hall–Kier alpha value is -1.47. The van der Waals surface area contributed by atoms with Crippen molar-refractivity contribution in [3.05, 3.63) is 0 Å². The average molecular weight is 257 g/mol. The monoisotopic (exact) mass is 257 g/mol. The molecule has 4 N–H and O–H groups in total. The number of carbonyl (C=O) groups excluding carboxylic acids is 3. The summed E-state index contributed by atoms with van der Waals surface area (Å²) < 4.78 is 0. The van der Waals surface area contributed by atoms with Crippen molar-refractivity contribution in [1.82, 2.24) is 16.0 Å². The van der Waals surface area contributed by atoms with Crippen LogP contribution in [0.2, 0.25) is 0 Å². The zero-order chi connectivity index (χ0) is 13.5. The molecule has 1 rings (SSSR count). The minimum atomic E-state index is -0.973. The summed E-state index contributed by atoms with van der Waals surface area (Å²) in [6, 6.07) is 0. The van der Waals surface area contributed by atoms with Crippen molar-refractivity contribution in [3.63, 3.8) is 0 Å². The van der Waals surface area contributed by atoms with Gasteiger partial charge >= 0.3 is 11.8 Å². The summed E-state index contributed by atoms with van der Waals surface area (Å²) in [7, 11) is 0. The molecule has 0 radical (unpaired) electrons. The number of aliphatic hydroxyl groups is 1. The van der Waals surface area contributed by atoms with Crippen LogP contribution in [0.5, 0.6) is 0 Å². The molecule has 3 amide bonds. The van der Waals surface area contributed by atoms with Crippen molar-refractivity contribution in [1.29, 1.82) is 0 Å². The van der Waals surface area contributed by atoms with Gasteiger partial charge in [0, 0.05) is 12.5 Å². The van der Waals surface area contributed by atoms with Gasteiger partial charge in [0.05, 0.1) is 6.10 Å². The van der Waals surface area contributed by atoms with Gasteiger partial charge in [0.15, 0.2) is 0 Å². The smallest absolute Gasteiger partial charge is 0.315 e. The van der Waals surface area contributed by atoms with Gasteiger partial charge < -0.3 is 15.7 Å². The van der Waals surface area contributed by atoms with Crippen molar-refractivity contribution < 1.29 is 19.5 Å². The van der Waals surface area contributed by atoms with Crippen molar-refractivity contribution in [3.8, 4) is 0 Å². The van der Waals surface area contributed by atoms with Gasteiger partial charge in [-0.1, -0.05) is 0 Å². The molecular formula is C11H19N3O4. The van der Waals surface area contributed by atoms with E-state index in [9.17, 15) is 14.4 Å². The molecule has 0 aromatic rings. The number of hydrogen-bond donors (Lipinski definition) is 4. The Bertz CT molecular complexity index is 324. The van der Waals surface area contributed by atoms with Crippen LogP contribution in [0, 0.1) is 5.92 Å². The Kier molecular flexibility index (Phi) is 5.73. The minimum Gasteiger partial charge on any atom is -0.392 e. The molecule has 1 aliphatic rings. The molecule has 0 spiro atoms. The lowest BCUT2D eigenvalue weighted by molar-refractivity contribution is -0.143. The predicted octanol–water partition coefficient (Wildman–Crippen LogP) is -1.87. The van der Waals surface area contributed by atoms with Crippen LogP contribution in [0.3, 0.4) is 0 Å². The number of rotatable bonds is 3. The van der Waals surface area contributed by atoms with Gasteiger partial charge in [-0.25, -0.2) is 0 Å². The summed E-state index contributed by atoms with van der Waals surface area (Å²) in [6.07, 6.45) is 0.588. The van der Waals surface area contributed by atoms with Gasteiger partial charge in [-0.2, -0.15) is 0 Å². The summed E-state index contributed by atoms with van der Waals surface area (Å²) in [4.78, 5) is 34.3. The molecule has 1 aliphatic heterocycles. The Balaban J connectivity index is 2.34. The zero-order valence-electron chi connectivity index (χ0n) is 10.4. The van der Waals surface area contributed by atoms with E-state index in [4.69, 9.17) is 5.11 Å². The third kappa shape index (κ3) is 4.80. The van der Waals surface area contributed by atoms with Crippen LogP contribution in [0.4, 0.5) is 0 Å². The van der Waals surface area contributed by atoms with Crippen molar-refractivity contribution >= 4 is 17.7 Å². The second kappa shape index (κ2) is 7.07. The second-order valence-corrected chi connectivity index (χ2v) is 4.40. The van der Waals surface area contributed by atoms with E-state index in [0.29, 0.717) is 12.8 Å². The molecule has 0 bridgehead atoms. The fraction of sp³-hybridized carbons (Fsp3) is 0.727. The summed E-state index contributed by atoms with van der Waals surface area (Å²) in [5.41, 5.74) is 0. The highest BCUT2D eigenvalue weighted by Crippen LogP contribution is 2.10. The van der Waals surface area contributed by atoms with E-state index < -0.39 is 23.8 Å². The first-order valence-corrected chi connectivity index (χ1v) is 6.02. The van der Waals surface area contributed by atoms with Crippen LogP contribution in [0.15, 0.2) is 0 Å². The molecule has 102 valence electrons.